The molecular formula is C14H14BrNO. The van der Waals surface area contributed by atoms with Crippen molar-refractivity contribution >= 4 is 15.9 Å². The molecule has 1 heterocycles. The molecule has 17 heavy (non-hydrogen) atoms. The molecule has 0 aliphatic carbocycles. The molecule has 3 heteroatoms. The van der Waals surface area contributed by atoms with Gasteiger partial charge in [0.25, 0.3) is 0 Å². The Morgan fingerprint density at radius 1 is 1.12 bits per heavy atom. The number of aliphatic hydroxyl groups excluding tert-OH is 1. The van der Waals surface area contributed by atoms with Gasteiger partial charge in [0.05, 0.1) is 6.10 Å². The molecule has 1 aromatic carbocycles. The number of aromatic nitrogens is 1. The second-order valence-corrected chi connectivity index (χ2v) is 4.97. The van der Waals surface area contributed by atoms with Crippen LogP contribution in [0.15, 0.2) is 53.3 Å². The largest absolute Gasteiger partial charge is 0.392 e. The third-order valence-electron chi connectivity index (χ3n) is 2.55. The van der Waals surface area contributed by atoms with E-state index < -0.39 is 0 Å². The minimum Gasteiger partial charge on any atom is -0.392 e. The number of aliphatic hydroxyl groups is 1. The lowest BCUT2D eigenvalue weighted by Gasteiger charge is -2.10. The van der Waals surface area contributed by atoms with Gasteiger partial charge in [-0.05, 0) is 35.7 Å². The number of halogens is 1. The Kier molecular flexibility index (Phi) is 4.29. The normalized spacial score (nSPS) is 12.4. The first-order valence-electron chi connectivity index (χ1n) is 5.55. The fourth-order valence-electron chi connectivity index (χ4n) is 1.80. The van der Waals surface area contributed by atoms with Gasteiger partial charge in [0, 0.05) is 23.3 Å². The Morgan fingerprint density at radius 2 is 1.88 bits per heavy atom. The van der Waals surface area contributed by atoms with Gasteiger partial charge in [-0.2, -0.15) is 0 Å². The minimum absolute atomic E-state index is 0.367. The standard InChI is InChI=1S/C14H14BrNO/c15-13-5-1-3-11(7-13)8-14(17)9-12-4-2-6-16-10-12/h1-7,10,14,17H,8-9H2. The molecule has 1 N–H and O–H groups in total. The van der Waals surface area contributed by atoms with E-state index in [4.69, 9.17) is 0 Å². The summed E-state index contributed by atoms with van der Waals surface area (Å²) in [5.41, 5.74) is 2.20. The zero-order valence-electron chi connectivity index (χ0n) is 9.38. The van der Waals surface area contributed by atoms with Crippen molar-refractivity contribution in [3.63, 3.8) is 0 Å². The molecule has 0 radical (unpaired) electrons. The highest BCUT2D eigenvalue weighted by atomic mass is 79.9. The Hall–Kier alpha value is -1.19. The van der Waals surface area contributed by atoms with Crippen LogP contribution in [0.25, 0.3) is 0 Å². The summed E-state index contributed by atoms with van der Waals surface area (Å²) >= 11 is 3.43. The summed E-state index contributed by atoms with van der Waals surface area (Å²) in [6, 6.07) is 11.9. The highest BCUT2D eigenvalue weighted by molar-refractivity contribution is 9.10. The third kappa shape index (κ3) is 3.95. The molecule has 0 aliphatic heterocycles. The van der Waals surface area contributed by atoms with Crippen LogP contribution in [0.2, 0.25) is 0 Å². The molecule has 0 spiro atoms. The molecule has 0 bridgehead atoms. The molecule has 2 nitrogen and oxygen atoms in total. The molecule has 1 unspecified atom stereocenters. The van der Waals surface area contributed by atoms with Crippen molar-refractivity contribution in [2.75, 3.05) is 0 Å². The van der Waals surface area contributed by atoms with E-state index in [1.165, 1.54) is 0 Å². The number of rotatable bonds is 4. The lowest BCUT2D eigenvalue weighted by atomic mass is 10.0. The van der Waals surface area contributed by atoms with Crippen LogP contribution >= 0.6 is 15.9 Å². The van der Waals surface area contributed by atoms with E-state index in [-0.39, 0.29) is 6.10 Å². The van der Waals surface area contributed by atoms with Crippen molar-refractivity contribution in [1.29, 1.82) is 0 Å². The van der Waals surface area contributed by atoms with Gasteiger partial charge in [-0.15, -0.1) is 0 Å². The van der Waals surface area contributed by atoms with E-state index >= 15 is 0 Å². The number of hydrogen-bond donors (Lipinski definition) is 1. The summed E-state index contributed by atoms with van der Waals surface area (Å²) < 4.78 is 1.04. The van der Waals surface area contributed by atoms with Crippen LogP contribution in [0.4, 0.5) is 0 Å². The molecule has 1 atom stereocenters. The van der Waals surface area contributed by atoms with Gasteiger partial charge < -0.3 is 5.11 Å². The second kappa shape index (κ2) is 5.94. The zero-order chi connectivity index (χ0) is 12.1. The van der Waals surface area contributed by atoms with Crippen LogP contribution in [0.5, 0.6) is 0 Å². The first-order chi connectivity index (χ1) is 8.24. The maximum absolute atomic E-state index is 10.0. The maximum atomic E-state index is 10.0. The van der Waals surface area contributed by atoms with E-state index in [9.17, 15) is 5.11 Å². The summed E-state index contributed by atoms with van der Waals surface area (Å²) in [5.74, 6) is 0. The molecular weight excluding hydrogens is 278 g/mol. The molecule has 0 aliphatic rings. The molecule has 0 saturated carbocycles. The first kappa shape index (κ1) is 12.3. The average Bonchev–Trinajstić information content (AvgIpc) is 2.30. The molecule has 2 rings (SSSR count). The molecule has 0 fully saturated rings. The molecule has 0 amide bonds. The summed E-state index contributed by atoms with van der Waals surface area (Å²) in [4.78, 5) is 4.04. The van der Waals surface area contributed by atoms with Gasteiger partial charge in [-0.3, -0.25) is 4.98 Å². The zero-order valence-corrected chi connectivity index (χ0v) is 11.0. The van der Waals surface area contributed by atoms with Crippen molar-refractivity contribution in [3.8, 4) is 0 Å². The highest BCUT2D eigenvalue weighted by Crippen LogP contribution is 2.14. The SMILES string of the molecule is OC(Cc1cccnc1)Cc1cccc(Br)c1. The third-order valence-corrected chi connectivity index (χ3v) is 3.05. The molecule has 2 aromatic rings. The van der Waals surface area contributed by atoms with E-state index in [0.717, 1.165) is 15.6 Å². The number of benzene rings is 1. The summed E-state index contributed by atoms with van der Waals surface area (Å²) in [7, 11) is 0. The van der Waals surface area contributed by atoms with Crippen molar-refractivity contribution < 1.29 is 5.11 Å². The van der Waals surface area contributed by atoms with Gasteiger partial charge in [-0.25, -0.2) is 0 Å². The Labute approximate surface area is 109 Å². The van der Waals surface area contributed by atoms with Crippen molar-refractivity contribution in [1.82, 2.24) is 4.98 Å². The Bertz CT molecular complexity index is 473. The molecule has 0 saturated heterocycles. The number of pyridine rings is 1. The minimum atomic E-state index is -0.367. The second-order valence-electron chi connectivity index (χ2n) is 4.05. The molecule has 88 valence electrons. The van der Waals surface area contributed by atoms with E-state index in [2.05, 4.69) is 20.9 Å². The maximum Gasteiger partial charge on any atom is 0.0621 e. The van der Waals surface area contributed by atoms with Crippen molar-refractivity contribution in [3.05, 3.63) is 64.4 Å². The van der Waals surface area contributed by atoms with Crippen molar-refractivity contribution in [2.24, 2.45) is 0 Å². The Morgan fingerprint density at radius 3 is 2.59 bits per heavy atom. The number of nitrogens with zero attached hydrogens (tertiary/aromatic N) is 1. The first-order valence-corrected chi connectivity index (χ1v) is 6.35. The monoisotopic (exact) mass is 291 g/mol. The topological polar surface area (TPSA) is 33.1 Å². The van der Waals surface area contributed by atoms with Crippen LogP contribution < -0.4 is 0 Å². The predicted molar refractivity (Wildman–Crippen MR) is 71.8 cm³/mol. The van der Waals surface area contributed by atoms with Gasteiger partial charge in [0.15, 0.2) is 0 Å². The van der Waals surface area contributed by atoms with E-state index in [0.29, 0.717) is 12.8 Å². The van der Waals surface area contributed by atoms with Crippen molar-refractivity contribution in [2.45, 2.75) is 18.9 Å². The fourth-order valence-corrected chi connectivity index (χ4v) is 2.25. The average molecular weight is 292 g/mol. The van der Waals surface area contributed by atoms with Crippen LogP contribution in [0.3, 0.4) is 0 Å². The van der Waals surface area contributed by atoms with Gasteiger partial charge in [0.1, 0.15) is 0 Å². The quantitative estimate of drug-likeness (QED) is 0.939. The lowest BCUT2D eigenvalue weighted by Crippen LogP contribution is -2.13. The smallest absolute Gasteiger partial charge is 0.0621 e. The highest BCUT2D eigenvalue weighted by Gasteiger charge is 2.07. The van der Waals surface area contributed by atoms with Crippen LogP contribution in [0, 0.1) is 0 Å². The molecule has 1 aromatic heterocycles. The van der Waals surface area contributed by atoms with Gasteiger partial charge >= 0.3 is 0 Å². The summed E-state index contributed by atoms with van der Waals surface area (Å²) in [6.45, 7) is 0. The van der Waals surface area contributed by atoms with Gasteiger partial charge in [0.2, 0.25) is 0 Å². The lowest BCUT2D eigenvalue weighted by molar-refractivity contribution is 0.175. The van der Waals surface area contributed by atoms with Crippen LogP contribution in [-0.4, -0.2) is 16.2 Å². The number of hydrogen-bond acceptors (Lipinski definition) is 2. The van der Waals surface area contributed by atoms with E-state index in [1.807, 2.05) is 36.4 Å². The van der Waals surface area contributed by atoms with Crippen LogP contribution in [0.1, 0.15) is 11.1 Å². The fraction of sp³-hybridized carbons (Fsp3) is 0.214. The summed E-state index contributed by atoms with van der Waals surface area (Å²) in [5, 5.41) is 10.0. The van der Waals surface area contributed by atoms with Gasteiger partial charge in [-0.1, -0.05) is 34.1 Å². The summed E-state index contributed by atoms with van der Waals surface area (Å²) in [6.07, 6.45) is 4.47. The predicted octanol–water partition coefficient (Wildman–Crippen LogP) is 2.99. The Balaban J connectivity index is 1.96. The van der Waals surface area contributed by atoms with Crippen LogP contribution in [-0.2, 0) is 12.8 Å². The van der Waals surface area contributed by atoms with E-state index in [1.54, 1.807) is 12.4 Å².